The normalized spacial score (nSPS) is 35.0. The van der Waals surface area contributed by atoms with E-state index in [1.807, 2.05) is 0 Å². The van der Waals surface area contributed by atoms with Crippen molar-refractivity contribution in [3.05, 3.63) is 0 Å². The molecule has 0 radical (unpaired) electrons. The fourth-order valence-electron chi connectivity index (χ4n) is 4.67. The first kappa shape index (κ1) is 16.3. The minimum absolute atomic E-state index is 0.274. The van der Waals surface area contributed by atoms with Crippen LogP contribution in [0.25, 0.3) is 0 Å². The van der Waals surface area contributed by atoms with Gasteiger partial charge in [-0.15, -0.1) is 0 Å². The van der Waals surface area contributed by atoms with Crippen molar-refractivity contribution in [2.45, 2.75) is 82.7 Å². The van der Waals surface area contributed by atoms with E-state index in [0.717, 1.165) is 11.8 Å². The third-order valence-electron chi connectivity index (χ3n) is 6.16. The molecule has 0 aliphatic heterocycles. The number of hydrogen-bond donors (Lipinski definition) is 2. The lowest BCUT2D eigenvalue weighted by Gasteiger charge is -2.51. The van der Waals surface area contributed by atoms with Gasteiger partial charge in [0.05, 0.1) is 0 Å². The molecule has 2 saturated carbocycles. The topological polar surface area (TPSA) is 41.3 Å². The van der Waals surface area contributed by atoms with Crippen molar-refractivity contribution >= 4 is 0 Å². The van der Waals surface area contributed by atoms with E-state index in [2.05, 4.69) is 31.3 Å². The van der Waals surface area contributed by atoms with Crippen molar-refractivity contribution < 1.29 is 0 Å². The summed E-state index contributed by atoms with van der Waals surface area (Å²) >= 11 is 0. The number of hydrazine groups is 1. The maximum absolute atomic E-state index is 6.07. The Hall–Kier alpha value is -0.120. The molecule has 0 aromatic heterocycles. The first-order valence-electron chi connectivity index (χ1n) is 8.73. The fourth-order valence-corrected chi connectivity index (χ4v) is 4.67. The molecule has 1 unspecified atom stereocenters. The molecule has 0 saturated heterocycles. The van der Waals surface area contributed by atoms with Crippen LogP contribution >= 0.6 is 0 Å². The third kappa shape index (κ3) is 3.37. The van der Waals surface area contributed by atoms with Crippen LogP contribution in [0.4, 0.5) is 0 Å². The van der Waals surface area contributed by atoms with Gasteiger partial charge in [-0.2, -0.15) is 0 Å². The molecule has 3 N–H and O–H groups in total. The second-order valence-corrected chi connectivity index (χ2v) is 7.58. The maximum atomic E-state index is 6.07. The zero-order chi connectivity index (χ0) is 14.6. The molecule has 0 bridgehead atoms. The quantitative estimate of drug-likeness (QED) is 0.472. The molecule has 2 aliphatic carbocycles. The number of hydrogen-bond acceptors (Lipinski definition) is 3. The Balaban J connectivity index is 2.16. The van der Waals surface area contributed by atoms with Crippen molar-refractivity contribution in [2.75, 3.05) is 14.1 Å². The largest absolute Gasteiger partial charge is 0.302 e. The highest BCUT2D eigenvalue weighted by Crippen LogP contribution is 2.42. The average molecular weight is 281 g/mol. The van der Waals surface area contributed by atoms with Crippen LogP contribution in [0.15, 0.2) is 0 Å². The van der Waals surface area contributed by atoms with Gasteiger partial charge in [0.1, 0.15) is 0 Å². The van der Waals surface area contributed by atoms with Crippen LogP contribution in [-0.4, -0.2) is 30.6 Å². The Kier molecular flexibility index (Phi) is 5.88. The fraction of sp³-hybridized carbons (Fsp3) is 1.00. The zero-order valence-electron chi connectivity index (χ0n) is 13.8. The molecule has 0 amide bonds. The average Bonchev–Trinajstić information content (AvgIpc) is 2.71. The van der Waals surface area contributed by atoms with Crippen LogP contribution in [0, 0.1) is 11.8 Å². The number of rotatable bonds is 4. The lowest BCUT2D eigenvalue weighted by atomic mass is 9.67. The molecule has 0 aromatic carbocycles. The summed E-state index contributed by atoms with van der Waals surface area (Å²) < 4.78 is 0. The predicted octanol–water partition coefficient (Wildman–Crippen LogP) is 3.30. The summed E-state index contributed by atoms with van der Waals surface area (Å²) in [6, 6.07) is 0.461. The van der Waals surface area contributed by atoms with Crippen LogP contribution in [0.2, 0.25) is 0 Å². The number of likely N-dealkylation sites (N-methyl/N-ethyl adjacent to an activating group) is 1. The van der Waals surface area contributed by atoms with Crippen molar-refractivity contribution in [3.8, 4) is 0 Å². The van der Waals surface area contributed by atoms with Gasteiger partial charge in [0.25, 0.3) is 0 Å². The van der Waals surface area contributed by atoms with Gasteiger partial charge in [-0.25, -0.2) is 0 Å². The Morgan fingerprint density at radius 1 is 1.00 bits per heavy atom. The summed E-state index contributed by atoms with van der Waals surface area (Å²) in [7, 11) is 4.52. The second kappa shape index (κ2) is 7.24. The van der Waals surface area contributed by atoms with E-state index >= 15 is 0 Å². The Bertz CT molecular complexity index is 274. The van der Waals surface area contributed by atoms with Gasteiger partial charge in [0, 0.05) is 11.6 Å². The molecule has 0 spiro atoms. The van der Waals surface area contributed by atoms with E-state index in [4.69, 9.17) is 5.84 Å². The lowest BCUT2D eigenvalue weighted by molar-refractivity contribution is 0.0178. The van der Waals surface area contributed by atoms with Crippen molar-refractivity contribution in [1.29, 1.82) is 0 Å². The molecule has 2 fully saturated rings. The summed E-state index contributed by atoms with van der Waals surface area (Å²) in [5, 5.41) is 0. The number of nitrogens with one attached hydrogen (secondary N) is 1. The highest BCUT2D eigenvalue weighted by atomic mass is 15.3. The lowest BCUT2D eigenvalue weighted by Crippen LogP contribution is -2.64. The molecule has 3 heteroatoms. The summed E-state index contributed by atoms with van der Waals surface area (Å²) in [4.78, 5) is 2.48. The van der Waals surface area contributed by atoms with Crippen molar-refractivity contribution in [1.82, 2.24) is 10.3 Å². The van der Waals surface area contributed by atoms with Crippen LogP contribution in [0.3, 0.4) is 0 Å². The van der Waals surface area contributed by atoms with Crippen LogP contribution < -0.4 is 11.3 Å². The Labute approximate surface area is 125 Å². The summed E-state index contributed by atoms with van der Waals surface area (Å²) in [6.45, 7) is 2.40. The third-order valence-corrected chi connectivity index (χ3v) is 6.16. The second-order valence-electron chi connectivity index (χ2n) is 7.58. The molecular weight excluding hydrogens is 246 g/mol. The highest BCUT2D eigenvalue weighted by Gasteiger charge is 2.45. The minimum Gasteiger partial charge on any atom is -0.302 e. The number of nitrogens with two attached hydrogens (primary N) is 1. The minimum atomic E-state index is 0.274. The van der Waals surface area contributed by atoms with Gasteiger partial charge in [-0.1, -0.05) is 32.6 Å². The molecule has 3 nitrogen and oxygen atoms in total. The SMILES string of the molecule is CC1CCC(C(NN)C2CCCCCC2)(N(C)C)CC1. The van der Waals surface area contributed by atoms with Gasteiger partial charge in [0.15, 0.2) is 0 Å². The van der Waals surface area contributed by atoms with Gasteiger partial charge in [-0.3, -0.25) is 11.3 Å². The number of nitrogens with zero attached hydrogens (tertiary/aromatic N) is 1. The van der Waals surface area contributed by atoms with E-state index in [1.54, 1.807) is 0 Å². The van der Waals surface area contributed by atoms with Gasteiger partial charge in [0.2, 0.25) is 0 Å². The molecule has 0 heterocycles. The standard InChI is InChI=1S/C17H35N3/c1-14-10-12-17(13-11-14,20(2)3)16(19-18)15-8-6-4-5-7-9-15/h14-16,19H,4-13,18H2,1-3H3. The molecule has 0 aromatic rings. The van der Waals surface area contributed by atoms with Crippen LogP contribution in [0.1, 0.15) is 71.1 Å². The monoisotopic (exact) mass is 281 g/mol. The van der Waals surface area contributed by atoms with E-state index in [9.17, 15) is 0 Å². The Morgan fingerprint density at radius 2 is 1.55 bits per heavy atom. The van der Waals surface area contributed by atoms with E-state index in [0.29, 0.717) is 6.04 Å². The summed E-state index contributed by atoms with van der Waals surface area (Å²) in [5.74, 6) is 7.71. The molecule has 2 aliphatic rings. The van der Waals surface area contributed by atoms with Crippen molar-refractivity contribution in [2.24, 2.45) is 17.7 Å². The van der Waals surface area contributed by atoms with Gasteiger partial charge >= 0.3 is 0 Å². The predicted molar refractivity (Wildman–Crippen MR) is 86.4 cm³/mol. The van der Waals surface area contributed by atoms with E-state index in [-0.39, 0.29) is 5.54 Å². The zero-order valence-corrected chi connectivity index (χ0v) is 13.8. The molecule has 2 rings (SSSR count). The first-order chi connectivity index (χ1) is 9.60. The highest BCUT2D eigenvalue weighted by molar-refractivity contribution is 5.03. The summed E-state index contributed by atoms with van der Waals surface area (Å²) in [6.07, 6.45) is 13.6. The molecule has 1 atom stereocenters. The van der Waals surface area contributed by atoms with Gasteiger partial charge in [-0.05, 0) is 64.5 Å². The molecule has 20 heavy (non-hydrogen) atoms. The molecule has 118 valence electrons. The van der Waals surface area contributed by atoms with E-state index < -0.39 is 0 Å². The Morgan fingerprint density at radius 3 is 2.00 bits per heavy atom. The van der Waals surface area contributed by atoms with Crippen molar-refractivity contribution in [3.63, 3.8) is 0 Å². The van der Waals surface area contributed by atoms with Crippen LogP contribution in [-0.2, 0) is 0 Å². The van der Waals surface area contributed by atoms with E-state index in [1.165, 1.54) is 64.2 Å². The first-order valence-corrected chi connectivity index (χ1v) is 8.73. The molecular formula is C17H35N3. The smallest absolute Gasteiger partial charge is 0.0422 e. The van der Waals surface area contributed by atoms with Crippen LogP contribution in [0.5, 0.6) is 0 Å². The summed E-state index contributed by atoms with van der Waals surface area (Å²) in [5.41, 5.74) is 3.54. The maximum Gasteiger partial charge on any atom is 0.0422 e. The van der Waals surface area contributed by atoms with Gasteiger partial charge < -0.3 is 4.90 Å².